The number of aryl methyl sites for hydroxylation is 1. The van der Waals surface area contributed by atoms with Crippen molar-refractivity contribution in [3.63, 3.8) is 0 Å². The standard InChI is InChI=1S/C16H21Cl2N3/c1-10-2-4-11(5-3-10)6-7-21-15-9-13(18)12(17)8-14(15)20-16(21)19/h8-11H,2-7H2,1H3,(H2,19,20). The van der Waals surface area contributed by atoms with Gasteiger partial charge in [-0.05, 0) is 30.4 Å². The highest BCUT2D eigenvalue weighted by molar-refractivity contribution is 6.42. The predicted molar refractivity (Wildman–Crippen MR) is 89.9 cm³/mol. The van der Waals surface area contributed by atoms with Gasteiger partial charge in [0.25, 0.3) is 0 Å². The molecule has 1 aromatic carbocycles. The number of anilines is 1. The molecule has 5 heteroatoms. The average molecular weight is 326 g/mol. The first-order valence-corrected chi connectivity index (χ1v) is 8.41. The van der Waals surface area contributed by atoms with E-state index in [1.165, 1.54) is 25.7 Å². The fourth-order valence-corrected chi connectivity index (χ4v) is 3.62. The van der Waals surface area contributed by atoms with Gasteiger partial charge in [-0.15, -0.1) is 0 Å². The van der Waals surface area contributed by atoms with Crippen molar-refractivity contribution in [1.29, 1.82) is 0 Å². The normalized spacial score (nSPS) is 22.8. The molecule has 0 spiro atoms. The van der Waals surface area contributed by atoms with Crippen molar-refractivity contribution in [1.82, 2.24) is 9.55 Å². The number of rotatable bonds is 3. The van der Waals surface area contributed by atoms with Crippen molar-refractivity contribution >= 4 is 40.2 Å². The Hall–Kier alpha value is -0.930. The van der Waals surface area contributed by atoms with Crippen LogP contribution in [0.5, 0.6) is 0 Å². The Kier molecular flexibility index (Phi) is 4.32. The third-order valence-corrected chi connectivity index (χ3v) is 5.44. The summed E-state index contributed by atoms with van der Waals surface area (Å²) in [6.45, 7) is 3.25. The summed E-state index contributed by atoms with van der Waals surface area (Å²) in [6.07, 6.45) is 6.53. The largest absolute Gasteiger partial charge is 0.369 e. The van der Waals surface area contributed by atoms with E-state index in [0.29, 0.717) is 16.0 Å². The van der Waals surface area contributed by atoms with Gasteiger partial charge in [-0.25, -0.2) is 4.98 Å². The highest BCUT2D eigenvalue weighted by Crippen LogP contribution is 2.32. The Bertz CT molecular complexity index is 642. The van der Waals surface area contributed by atoms with E-state index in [4.69, 9.17) is 28.9 Å². The predicted octanol–water partition coefficient (Wildman–Crippen LogP) is 5.14. The van der Waals surface area contributed by atoms with Crippen LogP contribution in [0.4, 0.5) is 5.95 Å². The Balaban J connectivity index is 1.77. The number of nitrogen functional groups attached to an aromatic ring is 1. The van der Waals surface area contributed by atoms with Crippen LogP contribution in [-0.2, 0) is 6.54 Å². The zero-order valence-corrected chi connectivity index (χ0v) is 13.8. The molecule has 0 aliphatic heterocycles. The number of imidazole rings is 1. The summed E-state index contributed by atoms with van der Waals surface area (Å²) < 4.78 is 2.07. The first kappa shape index (κ1) is 15.0. The molecule has 1 fully saturated rings. The fraction of sp³-hybridized carbons (Fsp3) is 0.562. The summed E-state index contributed by atoms with van der Waals surface area (Å²) in [6, 6.07) is 3.65. The zero-order chi connectivity index (χ0) is 15.0. The molecular weight excluding hydrogens is 305 g/mol. The van der Waals surface area contributed by atoms with Crippen molar-refractivity contribution in [3.05, 3.63) is 22.2 Å². The summed E-state index contributed by atoms with van der Waals surface area (Å²) in [4.78, 5) is 4.39. The minimum Gasteiger partial charge on any atom is -0.369 e. The Morgan fingerprint density at radius 1 is 1.19 bits per heavy atom. The van der Waals surface area contributed by atoms with E-state index in [9.17, 15) is 0 Å². The van der Waals surface area contributed by atoms with Gasteiger partial charge in [-0.3, -0.25) is 0 Å². The van der Waals surface area contributed by atoms with Crippen molar-refractivity contribution < 1.29 is 0 Å². The Morgan fingerprint density at radius 2 is 1.86 bits per heavy atom. The minimum atomic E-state index is 0.523. The van der Waals surface area contributed by atoms with E-state index in [1.54, 1.807) is 6.07 Å². The van der Waals surface area contributed by atoms with Crippen LogP contribution in [0.1, 0.15) is 39.0 Å². The number of fused-ring (bicyclic) bond motifs is 1. The van der Waals surface area contributed by atoms with Gasteiger partial charge >= 0.3 is 0 Å². The zero-order valence-electron chi connectivity index (χ0n) is 12.3. The third-order valence-electron chi connectivity index (χ3n) is 4.72. The van der Waals surface area contributed by atoms with Gasteiger partial charge in [0.05, 0.1) is 21.1 Å². The molecule has 3 rings (SSSR count). The van der Waals surface area contributed by atoms with Gasteiger partial charge in [0, 0.05) is 6.54 Å². The van der Waals surface area contributed by atoms with Crippen LogP contribution in [0.2, 0.25) is 10.0 Å². The molecule has 0 atom stereocenters. The first-order chi connectivity index (χ1) is 10.0. The molecule has 114 valence electrons. The van der Waals surface area contributed by atoms with Gasteiger partial charge in [-0.2, -0.15) is 0 Å². The lowest BCUT2D eigenvalue weighted by molar-refractivity contribution is 0.270. The molecule has 0 bridgehead atoms. The van der Waals surface area contributed by atoms with E-state index in [2.05, 4.69) is 16.5 Å². The SMILES string of the molecule is CC1CCC(CCn2c(N)nc3cc(Cl)c(Cl)cc32)CC1. The quantitative estimate of drug-likeness (QED) is 0.848. The minimum absolute atomic E-state index is 0.523. The second-order valence-electron chi connectivity index (χ2n) is 6.29. The van der Waals surface area contributed by atoms with Crippen LogP contribution in [0.3, 0.4) is 0 Å². The average Bonchev–Trinajstić information content (AvgIpc) is 2.74. The molecule has 2 N–H and O–H groups in total. The molecule has 21 heavy (non-hydrogen) atoms. The molecule has 0 radical (unpaired) electrons. The molecule has 1 heterocycles. The maximum Gasteiger partial charge on any atom is 0.201 e. The fourth-order valence-electron chi connectivity index (χ4n) is 3.30. The number of nitrogens with zero attached hydrogens (tertiary/aromatic N) is 2. The van der Waals surface area contributed by atoms with Gasteiger partial charge < -0.3 is 10.3 Å². The summed E-state index contributed by atoms with van der Waals surface area (Å²) >= 11 is 12.2. The van der Waals surface area contributed by atoms with Crippen molar-refractivity contribution in [2.45, 2.75) is 45.6 Å². The number of nitrogens with two attached hydrogens (primary N) is 1. The molecule has 0 amide bonds. The summed E-state index contributed by atoms with van der Waals surface area (Å²) in [7, 11) is 0. The second-order valence-corrected chi connectivity index (χ2v) is 7.11. The van der Waals surface area contributed by atoms with Crippen molar-refractivity contribution in [3.8, 4) is 0 Å². The molecule has 1 aliphatic carbocycles. The van der Waals surface area contributed by atoms with Gasteiger partial charge in [0.2, 0.25) is 5.95 Å². The summed E-state index contributed by atoms with van der Waals surface area (Å²) in [5.41, 5.74) is 7.85. The summed E-state index contributed by atoms with van der Waals surface area (Å²) in [5.74, 6) is 2.25. The molecule has 1 aromatic heterocycles. The van der Waals surface area contributed by atoms with Gasteiger partial charge in [-0.1, -0.05) is 55.8 Å². The van der Waals surface area contributed by atoms with Crippen LogP contribution < -0.4 is 5.73 Å². The first-order valence-electron chi connectivity index (χ1n) is 7.65. The molecule has 1 aliphatic rings. The van der Waals surface area contributed by atoms with Crippen LogP contribution in [0.25, 0.3) is 11.0 Å². The highest BCUT2D eigenvalue weighted by Gasteiger charge is 2.19. The topological polar surface area (TPSA) is 43.8 Å². The van der Waals surface area contributed by atoms with E-state index in [0.717, 1.165) is 35.8 Å². The van der Waals surface area contributed by atoms with Crippen molar-refractivity contribution in [2.24, 2.45) is 11.8 Å². The number of hydrogen-bond acceptors (Lipinski definition) is 2. The summed E-state index contributed by atoms with van der Waals surface area (Å²) in [5, 5.41) is 1.08. The third kappa shape index (κ3) is 3.14. The molecular formula is C16H21Cl2N3. The maximum absolute atomic E-state index is 6.12. The number of halogens is 2. The van der Waals surface area contributed by atoms with Crippen LogP contribution in [-0.4, -0.2) is 9.55 Å². The molecule has 2 aromatic rings. The van der Waals surface area contributed by atoms with Crippen LogP contribution in [0.15, 0.2) is 12.1 Å². The van der Waals surface area contributed by atoms with E-state index in [1.807, 2.05) is 6.07 Å². The van der Waals surface area contributed by atoms with Gasteiger partial charge in [0.1, 0.15) is 0 Å². The molecule has 0 unspecified atom stereocenters. The van der Waals surface area contributed by atoms with Crippen molar-refractivity contribution in [2.75, 3.05) is 5.73 Å². The number of benzene rings is 1. The van der Waals surface area contributed by atoms with E-state index in [-0.39, 0.29) is 0 Å². The Morgan fingerprint density at radius 3 is 2.57 bits per heavy atom. The van der Waals surface area contributed by atoms with E-state index >= 15 is 0 Å². The second kappa shape index (κ2) is 6.05. The Labute approximate surface area is 135 Å². The lowest BCUT2D eigenvalue weighted by Gasteiger charge is -2.26. The maximum atomic E-state index is 6.12. The molecule has 1 saturated carbocycles. The lowest BCUT2D eigenvalue weighted by atomic mass is 9.81. The number of aromatic nitrogens is 2. The number of hydrogen-bond donors (Lipinski definition) is 1. The van der Waals surface area contributed by atoms with E-state index < -0.39 is 0 Å². The van der Waals surface area contributed by atoms with Crippen LogP contribution >= 0.6 is 23.2 Å². The molecule has 0 saturated heterocycles. The van der Waals surface area contributed by atoms with Crippen LogP contribution in [0, 0.1) is 11.8 Å². The smallest absolute Gasteiger partial charge is 0.201 e. The lowest BCUT2D eigenvalue weighted by Crippen LogP contribution is -2.15. The molecule has 3 nitrogen and oxygen atoms in total. The monoisotopic (exact) mass is 325 g/mol. The highest BCUT2D eigenvalue weighted by atomic mass is 35.5. The van der Waals surface area contributed by atoms with Gasteiger partial charge in [0.15, 0.2) is 0 Å².